The van der Waals surface area contributed by atoms with E-state index < -0.39 is 0 Å². The third-order valence-corrected chi connectivity index (χ3v) is 5.04. The first kappa shape index (κ1) is 18.2. The van der Waals surface area contributed by atoms with Crippen LogP contribution < -0.4 is 10.1 Å². The van der Waals surface area contributed by atoms with Crippen molar-refractivity contribution in [2.45, 2.75) is 31.7 Å². The molecule has 0 spiro atoms. The predicted molar refractivity (Wildman–Crippen MR) is 105 cm³/mol. The number of methoxy groups -OCH3 is 1. The molecule has 6 heteroatoms. The molecule has 1 fully saturated rings. The molecule has 28 heavy (non-hydrogen) atoms. The summed E-state index contributed by atoms with van der Waals surface area (Å²) in [5.74, 6) is 2.39. The van der Waals surface area contributed by atoms with E-state index in [0.717, 1.165) is 11.3 Å². The SMILES string of the molecule is COc1cccc(-c2nnc(CNC(=O)CC(c3ccccc3)C3CC3)o2)c1. The van der Waals surface area contributed by atoms with Gasteiger partial charge in [-0.15, -0.1) is 10.2 Å². The van der Waals surface area contributed by atoms with E-state index in [1.165, 1.54) is 18.4 Å². The summed E-state index contributed by atoms with van der Waals surface area (Å²) in [6.07, 6.45) is 2.87. The minimum absolute atomic E-state index is 0.00174. The molecule has 3 aromatic rings. The topological polar surface area (TPSA) is 77.3 Å². The number of hydrogen-bond acceptors (Lipinski definition) is 5. The van der Waals surface area contributed by atoms with Crippen molar-refractivity contribution in [3.05, 3.63) is 66.1 Å². The first-order valence-electron chi connectivity index (χ1n) is 9.51. The predicted octanol–water partition coefficient (Wildman–Crippen LogP) is 3.95. The van der Waals surface area contributed by atoms with Crippen molar-refractivity contribution in [2.75, 3.05) is 7.11 Å². The van der Waals surface area contributed by atoms with Gasteiger partial charge in [0.25, 0.3) is 0 Å². The number of ether oxygens (including phenoxy) is 1. The monoisotopic (exact) mass is 377 g/mol. The Morgan fingerprint density at radius 3 is 2.75 bits per heavy atom. The lowest BCUT2D eigenvalue weighted by Crippen LogP contribution is -2.25. The highest BCUT2D eigenvalue weighted by Crippen LogP contribution is 2.44. The highest BCUT2D eigenvalue weighted by atomic mass is 16.5. The molecule has 1 aliphatic rings. The summed E-state index contributed by atoms with van der Waals surface area (Å²) in [5, 5.41) is 11.0. The van der Waals surface area contributed by atoms with Crippen molar-refractivity contribution in [2.24, 2.45) is 5.92 Å². The quantitative estimate of drug-likeness (QED) is 0.643. The van der Waals surface area contributed by atoms with E-state index in [9.17, 15) is 4.79 Å². The lowest BCUT2D eigenvalue weighted by molar-refractivity contribution is -0.121. The molecule has 0 radical (unpaired) electrons. The molecule has 1 amide bonds. The molecule has 0 aliphatic heterocycles. The summed E-state index contributed by atoms with van der Waals surface area (Å²) in [6, 6.07) is 17.7. The Balaban J connectivity index is 1.35. The molecular formula is C22H23N3O3. The number of amides is 1. The first-order valence-corrected chi connectivity index (χ1v) is 9.51. The zero-order chi connectivity index (χ0) is 19.3. The summed E-state index contributed by atoms with van der Waals surface area (Å²) in [4.78, 5) is 12.5. The number of hydrogen-bond donors (Lipinski definition) is 1. The molecular weight excluding hydrogens is 354 g/mol. The first-order chi connectivity index (χ1) is 13.7. The van der Waals surface area contributed by atoms with Crippen molar-refractivity contribution in [1.29, 1.82) is 0 Å². The minimum atomic E-state index is 0.00174. The van der Waals surface area contributed by atoms with Gasteiger partial charge in [-0.05, 0) is 48.4 Å². The molecule has 4 rings (SSSR count). The molecule has 6 nitrogen and oxygen atoms in total. The van der Waals surface area contributed by atoms with E-state index in [1.807, 2.05) is 42.5 Å². The number of rotatable bonds is 8. The summed E-state index contributed by atoms with van der Waals surface area (Å²) < 4.78 is 10.9. The maximum absolute atomic E-state index is 12.5. The lowest BCUT2D eigenvalue weighted by Gasteiger charge is -2.16. The molecule has 1 unspecified atom stereocenters. The van der Waals surface area contributed by atoms with Crippen LogP contribution in [0.3, 0.4) is 0 Å². The maximum atomic E-state index is 12.5. The molecule has 2 aromatic carbocycles. The second-order valence-electron chi connectivity index (χ2n) is 7.07. The average molecular weight is 377 g/mol. The fourth-order valence-electron chi connectivity index (χ4n) is 3.40. The van der Waals surface area contributed by atoms with Crippen molar-refractivity contribution in [1.82, 2.24) is 15.5 Å². The molecule has 1 aliphatic carbocycles. The van der Waals surface area contributed by atoms with Gasteiger partial charge in [-0.3, -0.25) is 4.79 Å². The Morgan fingerprint density at radius 1 is 1.18 bits per heavy atom. The van der Waals surface area contributed by atoms with Gasteiger partial charge in [0.05, 0.1) is 13.7 Å². The zero-order valence-electron chi connectivity index (χ0n) is 15.8. The van der Waals surface area contributed by atoms with E-state index in [4.69, 9.17) is 9.15 Å². The second kappa shape index (κ2) is 8.25. The van der Waals surface area contributed by atoms with Gasteiger partial charge in [-0.1, -0.05) is 36.4 Å². The van der Waals surface area contributed by atoms with E-state index in [0.29, 0.717) is 24.1 Å². The Morgan fingerprint density at radius 2 is 2.00 bits per heavy atom. The molecule has 1 N–H and O–H groups in total. The molecule has 0 saturated heterocycles. The van der Waals surface area contributed by atoms with Gasteiger partial charge in [-0.25, -0.2) is 0 Å². The largest absolute Gasteiger partial charge is 0.497 e. The number of carbonyl (C=O) groups excluding carboxylic acids is 1. The number of aromatic nitrogens is 2. The lowest BCUT2D eigenvalue weighted by atomic mass is 9.91. The molecule has 0 bridgehead atoms. The van der Waals surface area contributed by atoms with Crippen LogP contribution in [-0.4, -0.2) is 23.2 Å². The molecule has 1 aromatic heterocycles. The van der Waals surface area contributed by atoms with E-state index >= 15 is 0 Å². The van der Waals surface area contributed by atoms with E-state index in [1.54, 1.807) is 7.11 Å². The Kier molecular flexibility index (Phi) is 5.37. The van der Waals surface area contributed by atoms with Crippen molar-refractivity contribution in [3.8, 4) is 17.2 Å². The Labute approximate surface area is 163 Å². The molecule has 1 saturated carbocycles. The number of nitrogens with one attached hydrogen (secondary N) is 1. The summed E-state index contributed by atoms with van der Waals surface area (Å²) >= 11 is 0. The van der Waals surface area contributed by atoms with Gasteiger partial charge in [0.1, 0.15) is 5.75 Å². The van der Waals surface area contributed by atoms with E-state index in [-0.39, 0.29) is 18.4 Å². The zero-order valence-corrected chi connectivity index (χ0v) is 15.8. The summed E-state index contributed by atoms with van der Waals surface area (Å²) in [5.41, 5.74) is 2.01. The van der Waals surface area contributed by atoms with Gasteiger partial charge in [0.15, 0.2) is 0 Å². The van der Waals surface area contributed by atoms with Crippen LogP contribution in [0.25, 0.3) is 11.5 Å². The average Bonchev–Trinajstić information content (AvgIpc) is 3.48. The Hall–Kier alpha value is -3.15. The van der Waals surface area contributed by atoms with Gasteiger partial charge >= 0.3 is 0 Å². The number of benzene rings is 2. The van der Waals surface area contributed by atoms with E-state index in [2.05, 4.69) is 27.6 Å². The van der Waals surface area contributed by atoms with Crippen molar-refractivity contribution in [3.63, 3.8) is 0 Å². The third-order valence-electron chi connectivity index (χ3n) is 5.04. The smallest absolute Gasteiger partial charge is 0.247 e. The van der Waals surface area contributed by atoms with Crippen LogP contribution in [-0.2, 0) is 11.3 Å². The van der Waals surface area contributed by atoms with Gasteiger partial charge in [-0.2, -0.15) is 0 Å². The number of carbonyl (C=O) groups is 1. The minimum Gasteiger partial charge on any atom is -0.497 e. The molecule has 144 valence electrons. The Bertz CT molecular complexity index is 935. The van der Waals surface area contributed by atoms with Crippen LogP contribution in [0.15, 0.2) is 59.0 Å². The van der Waals surface area contributed by atoms with Gasteiger partial charge in [0, 0.05) is 12.0 Å². The van der Waals surface area contributed by atoms with Crippen LogP contribution in [0, 0.1) is 5.92 Å². The summed E-state index contributed by atoms with van der Waals surface area (Å²) in [6.45, 7) is 0.224. The highest BCUT2D eigenvalue weighted by molar-refractivity contribution is 5.76. The summed E-state index contributed by atoms with van der Waals surface area (Å²) in [7, 11) is 1.61. The maximum Gasteiger partial charge on any atom is 0.247 e. The van der Waals surface area contributed by atoms with Crippen molar-refractivity contribution >= 4 is 5.91 Å². The van der Waals surface area contributed by atoms with Crippen LogP contribution in [0.1, 0.15) is 36.6 Å². The van der Waals surface area contributed by atoms with Crippen LogP contribution in [0.2, 0.25) is 0 Å². The standard InChI is InChI=1S/C22H23N3O3/c1-27-18-9-5-8-17(12-18)22-25-24-21(28-22)14-23-20(26)13-19(16-10-11-16)15-6-3-2-4-7-15/h2-9,12,16,19H,10-11,13-14H2,1H3,(H,23,26). The van der Waals surface area contributed by atoms with Gasteiger partial charge in [0.2, 0.25) is 17.7 Å². The molecule has 1 heterocycles. The third kappa shape index (κ3) is 4.39. The fraction of sp³-hybridized carbons (Fsp3) is 0.318. The fourth-order valence-corrected chi connectivity index (χ4v) is 3.40. The van der Waals surface area contributed by atoms with Gasteiger partial charge < -0.3 is 14.5 Å². The number of nitrogens with zero attached hydrogens (tertiary/aromatic N) is 2. The normalized spacial score (nSPS) is 14.5. The van der Waals surface area contributed by atoms with Crippen LogP contribution in [0.5, 0.6) is 5.75 Å². The highest BCUT2D eigenvalue weighted by Gasteiger charge is 2.33. The van der Waals surface area contributed by atoms with Crippen LogP contribution >= 0.6 is 0 Å². The second-order valence-corrected chi connectivity index (χ2v) is 7.07. The molecule has 1 atom stereocenters. The van der Waals surface area contributed by atoms with Crippen LogP contribution in [0.4, 0.5) is 0 Å². The van der Waals surface area contributed by atoms with Crippen molar-refractivity contribution < 1.29 is 13.9 Å².